The minimum atomic E-state index is -0.790. The molecular weight excluding hydrogens is 258 g/mol. The Hall–Kier alpha value is -1.10. The smallest absolute Gasteiger partial charge is 0.319 e. The molecule has 1 aliphatic heterocycles. The molecular formula is C15H27NO4. The number of ether oxygens (including phenoxy) is 2. The van der Waals surface area contributed by atoms with Gasteiger partial charge in [-0.2, -0.15) is 0 Å². The summed E-state index contributed by atoms with van der Waals surface area (Å²) < 4.78 is 10.4. The van der Waals surface area contributed by atoms with Gasteiger partial charge in [0.15, 0.2) is 0 Å². The summed E-state index contributed by atoms with van der Waals surface area (Å²) in [5, 5.41) is 3.02. The van der Waals surface area contributed by atoms with Gasteiger partial charge in [-0.3, -0.25) is 9.59 Å². The summed E-state index contributed by atoms with van der Waals surface area (Å²) in [6.45, 7) is 10.9. The van der Waals surface area contributed by atoms with E-state index in [1.165, 1.54) is 0 Å². The molecule has 0 radical (unpaired) electrons. The van der Waals surface area contributed by atoms with Gasteiger partial charge in [0.2, 0.25) is 5.91 Å². The third-order valence-electron chi connectivity index (χ3n) is 3.67. The Morgan fingerprint density at radius 1 is 1.30 bits per heavy atom. The molecule has 5 heteroatoms. The zero-order valence-corrected chi connectivity index (χ0v) is 13.2. The lowest BCUT2D eigenvalue weighted by molar-refractivity contribution is -0.157. The Balaban J connectivity index is 2.80. The van der Waals surface area contributed by atoms with E-state index < -0.39 is 17.3 Å². The predicted molar refractivity (Wildman–Crippen MR) is 76.2 cm³/mol. The molecule has 0 aromatic carbocycles. The maximum absolute atomic E-state index is 12.5. The van der Waals surface area contributed by atoms with Gasteiger partial charge < -0.3 is 14.8 Å². The topological polar surface area (TPSA) is 64.6 Å². The van der Waals surface area contributed by atoms with E-state index >= 15 is 0 Å². The first-order valence-electron chi connectivity index (χ1n) is 7.26. The van der Waals surface area contributed by atoms with Crippen LogP contribution in [0.4, 0.5) is 0 Å². The quantitative estimate of drug-likeness (QED) is 0.633. The van der Waals surface area contributed by atoms with Gasteiger partial charge >= 0.3 is 5.97 Å². The van der Waals surface area contributed by atoms with Gasteiger partial charge in [0.25, 0.3) is 0 Å². The van der Waals surface area contributed by atoms with E-state index in [2.05, 4.69) is 5.32 Å². The average Bonchev–Trinajstić information content (AvgIpc) is 2.27. The number of hydrogen-bond donors (Lipinski definition) is 1. The molecule has 1 heterocycles. The number of nitrogens with one attached hydrogen (secondary N) is 1. The number of carbonyl (C=O) groups excluding carboxylic acids is 2. The second-order valence-electron chi connectivity index (χ2n) is 6.71. The van der Waals surface area contributed by atoms with E-state index in [-0.39, 0.29) is 18.1 Å². The minimum Gasteiger partial charge on any atom is -0.465 e. The van der Waals surface area contributed by atoms with Gasteiger partial charge in [-0.25, -0.2) is 0 Å². The van der Waals surface area contributed by atoms with Gasteiger partial charge in [-0.1, -0.05) is 20.8 Å². The number of rotatable bonds is 4. The highest BCUT2D eigenvalue weighted by Crippen LogP contribution is 2.29. The number of esters is 1. The van der Waals surface area contributed by atoms with Crippen molar-refractivity contribution in [3.8, 4) is 0 Å². The fraction of sp³-hybridized carbons (Fsp3) is 0.867. The van der Waals surface area contributed by atoms with E-state index in [0.29, 0.717) is 13.2 Å². The first-order valence-corrected chi connectivity index (χ1v) is 7.26. The summed E-state index contributed by atoms with van der Waals surface area (Å²) in [7, 11) is 0. The Bertz CT molecular complexity index is 353. The lowest BCUT2D eigenvalue weighted by atomic mass is 9.79. The van der Waals surface area contributed by atoms with Crippen LogP contribution in [0, 0.1) is 11.3 Å². The van der Waals surface area contributed by atoms with Crippen molar-refractivity contribution in [3.05, 3.63) is 0 Å². The van der Waals surface area contributed by atoms with E-state index in [4.69, 9.17) is 9.47 Å². The highest BCUT2D eigenvalue weighted by atomic mass is 16.5. The van der Waals surface area contributed by atoms with Crippen LogP contribution in [0.25, 0.3) is 0 Å². The van der Waals surface area contributed by atoms with E-state index in [0.717, 1.165) is 12.8 Å². The Morgan fingerprint density at radius 3 is 2.30 bits per heavy atom. The van der Waals surface area contributed by atoms with E-state index in [1.54, 1.807) is 6.92 Å². The lowest BCUT2D eigenvalue weighted by Crippen LogP contribution is -2.54. The third-order valence-corrected chi connectivity index (χ3v) is 3.67. The summed E-state index contributed by atoms with van der Waals surface area (Å²) >= 11 is 0. The number of amides is 1. The van der Waals surface area contributed by atoms with Crippen molar-refractivity contribution in [1.29, 1.82) is 0 Å². The molecule has 1 rings (SSSR count). The van der Waals surface area contributed by atoms with Gasteiger partial charge in [-0.15, -0.1) is 0 Å². The Morgan fingerprint density at radius 2 is 1.85 bits per heavy atom. The zero-order chi connectivity index (χ0) is 15.4. The molecule has 116 valence electrons. The standard InChI is InChI=1S/C15H27NO4/c1-6-20-13(18)11(14(2,3)4)12(17)16-15(5)7-9-19-10-8-15/h11H,6-10H2,1-5H3,(H,16,17). The Labute approximate surface area is 121 Å². The minimum absolute atomic E-state index is 0.250. The van der Waals surface area contributed by atoms with E-state index in [1.807, 2.05) is 27.7 Å². The van der Waals surface area contributed by atoms with Crippen LogP contribution in [0.15, 0.2) is 0 Å². The third kappa shape index (κ3) is 4.47. The molecule has 1 saturated heterocycles. The van der Waals surface area contributed by atoms with Crippen molar-refractivity contribution in [2.45, 2.75) is 53.0 Å². The fourth-order valence-corrected chi connectivity index (χ4v) is 2.40. The molecule has 20 heavy (non-hydrogen) atoms. The second-order valence-corrected chi connectivity index (χ2v) is 6.71. The lowest BCUT2D eigenvalue weighted by Gasteiger charge is -2.37. The highest BCUT2D eigenvalue weighted by molar-refractivity contribution is 5.98. The molecule has 1 unspecified atom stereocenters. The first-order chi connectivity index (χ1) is 9.19. The van der Waals surface area contributed by atoms with Crippen LogP contribution < -0.4 is 5.32 Å². The van der Waals surface area contributed by atoms with Crippen molar-refractivity contribution in [1.82, 2.24) is 5.32 Å². The van der Waals surface area contributed by atoms with Gasteiger partial charge in [0, 0.05) is 18.8 Å². The molecule has 0 spiro atoms. The predicted octanol–water partition coefficient (Wildman–Crippen LogP) is 1.90. The van der Waals surface area contributed by atoms with Crippen LogP contribution >= 0.6 is 0 Å². The largest absolute Gasteiger partial charge is 0.465 e. The van der Waals surface area contributed by atoms with Crippen LogP contribution in [0.5, 0.6) is 0 Å². The Kier molecular flexibility index (Phi) is 5.57. The fourth-order valence-electron chi connectivity index (χ4n) is 2.40. The molecule has 1 aliphatic rings. The molecule has 1 atom stereocenters. The van der Waals surface area contributed by atoms with Crippen molar-refractivity contribution in [3.63, 3.8) is 0 Å². The summed E-state index contributed by atoms with van der Waals surface area (Å²) in [6.07, 6.45) is 1.52. The first kappa shape index (κ1) is 17.0. The molecule has 0 aromatic rings. The molecule has 5 nitrogen and oxygen atoms in total. The maximum Gasteiger partial charge on any atom is 0.319 e. The molecule has 1 N–H and O–H groups in total. The molecule has 0 aliphatic carbocycles. The second kappa shape index (κ2) is 6.57. The molecule has 0 bridgehead atoms. The van der Waals surface area contributed by atoms with E-state index in [9.17, 15) is 9.59 Å². The number of hydrogen-bond acceptors (Lipinski definition) is 4. The van der Waals surface area contributed by atoms with Crippen LogP contribution in [-0.4, -0.2) is 37.2 Å². The van der Waals surface area contributed by atoms with Crippen molar-refractivity contribution < 1.29 is 19.1 Å². The van der Waals surface area contributed by atoms with Gasteiger partial charge in [-0.05, 0) is 32.1 Å². The van der Waals surface area contributed by atoms with Crippen LogP contribution in [0.3, 0.4) is 0 Å². The summed E-state index contributed by atoms with van der Waals surface area (Å²) in [5.74, 6) is -1.49. The van der Waals surface area contributed by atoms with Crippen LogP contribution in [-0.2, 0) is 19.1 Å². The summed E-state index contributed by atoms with van der Waals surface area (Å²) in [6, 6.07) is 0. The van der Waals surface area contributed by atoms with Crippen molar-refractivity contribution >= 4 is 11.9 Å². The van der Waals surface area contributed by atoms with Crippen LogP contribution in [0.2, 0.25) is 0 Å². The van der Waals surface area contributed by atoms with Crippen LogP contribution in [0.1, 0.15) is 47.5 Å². The van der Waals surface area contributed by atoms with Gasteiger partial charge in [0.05, 0.1) is 6.61 Å². The zero-order valence-electron chi connectivity index (χ0n) is 13.2. The van der Waals surface area contributed by atoms with Gasteiger partial charge in [0.1, 0.15) is 5.92 Å². The molecule has 1 amide bonds. The molecule has 0 saturated carbocycles. The summed E-state index contributed by atoms with van der Waals surface area (Å²) in [5.41, 5.74) is -0.775. The number of carbonyl (C=O) groups is 2. The van der Waals surface area contributed by atoms with Crippen molar-refractivity contribution in [2.24, 2.45) is 11.3 Å². The highest BCUT2D eigenvalue weighted by Gasteiger charge is 2.41. The monoisotopic (exact) mass is 285 g/mol. The maximum atomic E-state index is 12.5. The summed E-state index contributed by atoms with van der Waals surface area (Å²) in [4.78, 5) is 24.6. The molecule has 1 fully saturated rings. The molecule has 0 aromatic heterocycles. The average molecular weight is 285 g/mol. The normalized spacial score (nSPS) is 20.1. The van der Waals surface area contributed by atoms with Crippen molar-refractivity contribution in [2.75, 3.05) is 19.8 Å². The SMILES string of the molecule is CCOC(=O)C(C(=O)NC1(C)CCOCC1)C(C)(C)C.